The molecule has 0 saturated carbocycles. The molecule has 0 aromatic rings. The summed E-state index contributed by atoms with van der Waals surface area (Å²) in [6.45, 7) is 37.0. The summed E-state index contributed by atoms with van der Waals surface area (Å²) in [6, 6.07) is 0. The van der Waals surface area contributed by atoms with Gasteiger partial charge in [0.05, 0.1) is 25.0 Å². The third-order valence-corrected chi connectivity index (χ3v) is 8.74. The zero-order valence-corrected chi connectivity index (χ0v) is 32.6. The normalized spacial score (nSPS) is 17.4. The summed E-state index contributed by atoms with van der Waals surface area (Å²) in [5.41, 5.74) is 0.938. The third-order valence-electron chi connectivity index (χ3n) is 8.74. The van der Waals surface area contributed by atoms with Gasteiger partial charge in [-0.2, -0.15) is 0 Å². The van der Waals surface area contributed by atoms with Gasteiger partial charge in [-0.15, -0.1) is 0 Å². The minimum Gasteiger partial charge on any atom is -0.465 e. The van der Waals surface area contributed by atoms with Crippen molar-refractivity contribution in [2.45, 2.75) is 175 Å². The van der Waals surface area contributed by atoms with Crippen LogP contribution in [0.5, 0.6) is 0 Å². The van der Waals surface area contributed by atoms with Crippen molar-refractivity contribution in [1.82, 2.24) is 0 Å². The standard InChI is InChI=1S/C40H78O4/c1-29(25-37(5,6)7)19-21-33(31(3)27-39(11,12)13)35(41)43-23-17-18-24-44-36(42)34(32(4)28-40(14,15)16)22-20-30(2)26-38(8,9)10/h29-34H,17-28H2,1-16H3. The number of ether oxygens (including phenoxy) is 2. The van der Waals surface area contributed by atoms with Gasteiger partial charge in [0.2, 0.25) is 0 Å². The number of hydrogen-bond donors (Lipinski definition) is 0. The molecule has 0 rings (SSSR count). The van der Waals surface area contributed by atoms with Gasteiger partial charge in [0.25, 0.3) is 0 Å². The Morgan fingerprint density at radius 3 is 0.977 bits per heavy atom. The minimum atomic E-state index is -0.0693. The van der Waals surface area contributed by atoms with Gasteiger partial charge in [0.15, 0.2) is 0 Å². The molecule has 0 amide bonds. The average molecular weight is 623 g/mol. The van der Waals surface area contributed by atoms with Crippen LogP contribution in [0.4, 0.5) is 0 Å². The highest BCUT2D eigenvalue weighted by Crippen LogP contribution is 2.36. The van der Waals surface area contributed by atoms with E-state index in [0.29, 0.717) is 48.7 Å². The van der Waals surface area contributed by atoms with E-state index in [4.69, 9.17) is 9.47 Å². The first-order valence-corrected chi connectivity index (χ1v) is 18.1. The Morgan fingerprint density at radius 1 is 0.455 bits per heavy atom. The highest BCUT2D eigenvalue weighted by molar-refractivity contribution is 5.73. The molecule has 0 fully saturated rings. The van der Waals surface area contributed by atoms with Crippen LogP contribution >= 0.6 is 0 Å². The zero-order valence-electron chi connectivity index (χ0n) is 32.6. The van der Waals surface area contributed by atoms with E-state index in [1.54, 1.807) is 0 Å². The van der Waals surface area contributed by atoms with E-state index in [0.717, 1.165) is 51.4 Å². The molecule has 6 atom stereocenters. The Kier molecular flexibility index (Phi) is 18.5. The Labute approximate surface area is 276 Å². The number of hydrogen-bond acceptors (Lipinski definition) is 4. The van der Waals surface area contributed by atoms with Crippen molar-refractivity contribution >= 4 is 11.9 Å². The van der Waals surface area contributed by atoms with Crippen LogP contribution in [0.1, 0.15) is 175 Å². The van der Waals surface area contributed by atoms with Gasteiger partial charge in [-0.05, 0) is 110 Å². The predicted octanol–water partition coefficient (Wildman–Crippen LogP) is 11.9. The van der Waals surface area contributed by atoms with Gasteiger partial charge in [-0.25, -0.2) is 0 Å². The van der Waals surface area contributed by atoms with Gasteiger partial charge >= 0.3 is 11.9 Å². The Hall–Kier alpha value is -1.06. The summed E-state index contributed by atoms with van der Waals surface area (Å²) >= 11 is 0. The molecule has 0 aliphatic carbocycles. The molecule has 0 aromatic heterocycles. The summed E-state index contributed by atoms with van der Waals surface area (Å²) in [5, 5.41) is 0. The molecule has 4 nitrogen and oxygen atoms in total. The zero-order chi connectivity index (χ0) is 34.5. The van der Waals surface area contributed by atoms with Crippen LogP contribution in [0.3, 0.4) is 0 Å². The van der Waals surface area contributed by atoms with E-state index in [1.165, 1.54) is 0 Å². The summed E-state index contributed by atoms with van der Waals surface area (Å²) in [7, 11) is 0. The van der Waals surface area contributed by atoms with Crippen LogP contribution in [0, 0.1) is 57.2 Å². The second-order valence-electron chi connectivity index (χ2n) is 19.6. The van der Waals surface area contributed by atoms with Crippen molar-refractivity contribution in [3.8, 4) is 0 Å². The maximum Gasteiger partial charge on any atom is 0.309 e. The lowest BCUT2D eigenvalue weighted by atomic mass is 9.76. The van der Waals surface area contributed by atoms with Crippen molar-refractivity contribution in [2.24, 2.45) is 57.2 Å². The van der Waals surface area contributed by atoms with Crippen LogP contribution in [-0.4, -0.2) is 25.2 Å². The third kappa shape index (κ3) is 22.4. The lowest BCUT2D eigenvalue weighted by Gasteiger charge is -2.30. The van der Waals surface area contributed by atoms with Crippen LogP contribution < -0.4 is 0 Å². The molecule has 0 bridgehead atoms. The van der Waals surface area contributed by atoms with E-state index in [-0.39, 0.29) is 46.4 Å². The van der Waals surface area contributed by atoms with Gasteiger partial charge in [0, 0.05) is 0 Å². The summed E-state index contributed by atoms with van der Waals surface area (Å²) in [5.74, 6) is 1.48. The first-order valence-electron chi connectivity index (χ1n) is 18.1. The van der Waals surface area contributed by atoms with E-state index in [1.807, 2.05) is 0 Å². The van der Waals surface area contributed by atoms with E-state index in [2.05, 4.69) is 111 Å². The fraction of sp³-hybridized carbons (Fsp3) is 0.950. The molecule has 0 aromatic carbocycles. The maximum absolute atomic E-state index is 13.3. The lowest BCUT2D eigenvalue weighted by molar-refractivity contribution is -0.153. The minimum absolute atomic E-state index is 0.0536. The number of carbonyl (C=O) groups excluding carboxylic acids is 2. The molecule has 0 N–H and O–H groups in total. The number of rotatable bonds is 19. The van der Waals surface area contributed by atoms with Crippen molar-refractivity contribution in [3.05, 3.63) is 0 Å². The molecular weight excluding hydrogens is 544 g/mol. The van der Waals surface area contributed by atoms with Crippen molar-refractivity contribution in [3.63, 3.8) is 0 Å². The molecule has 0 aliphatic heterocycles. The number of unbranched alkanes of at least 4 members (excludes halogenated alkanes) is 1. The largest absolute Gasteiger partial charge is 0.465 e. The van der Waals surface area contributed by atoms with Gasteiger partial charge in [0.1, 0.15) is 0 Å². The summed E-state index contributed by atoms with van der Waals surface area (Å²) < 4.78 is 11.7. The van der Waals surface area contributed by atoms with Crippen molar-refractivity contribution in [1.29, 1.82) is 0 Å². The topological polar surface area (TPSA) is 52.6 Å². The number of carbonyl (C=O) groups is 2. The summed E-state index contributed by atoms with van der Waals surface area (Å²) in [4.78, 5) is 26.6. The molecule has 0 aliphatic rings. The van der Waals surface area contributed by atoms with E-state index < -0.39 is 0 Å². The second-order valence-corrected chi connectivity index (χ2v) is 19.6. The van der Waals surface area contributed by atoms with Crippen LogP contribution in [-0.2, 0) is 19.1 Å². The molecule has 4 heteroatoms. The van der Waals surface area contributed by atoms with Gasteiger partial charge < -0.3 is 9.47 Å². The molecule has 44 heavy (non-hydrogen) atoms. The molecular formula is C40H78O4. The van der Waals surface area contributed by atoms with Crippen molar-refractivity contribution < 1.29 is 19.1 Å². The Balaban J connectivity index is 4.99. The molecule has 0 radical (unpaired) electrons. The Bertz CT molecular complexity index is 733. The Morgan fingerprint density at radius 2 is 0.727 bits per heavy atom. The van der Waals surface area contributed by atoms with Crippen molar-refractivity contribution in [2.75, 3.05) is 13.2 Å². The first kappa shape index (κ1) is 42.9. The molecule has 0 heterocycles. The molecule has 0 spiro atoms. The van der Waals surface area contributed by atoms with Crippen LogP contribution in [0.15, 0.2) is 0 Å². The highest BCUT2D eigenvalue weighted by atomic mass is 16.5. The monoisotopic (exact) mass is 623 g/mol. The lowest BCUT2D eigenvalue weighted by Crippen LogP contribution is -2.29. The van der Waals surface area contributed by atoms with Crippen LogP contribution in [0.25, 0.3) is 0 Å². The van der Waals surface area contributed by atoms with E-state index >= 15 is 0 Å². The molecule has 0 saturated heterocycles. The summed E-state index contributed by atoms with van der Waals surface area (Å²) in [6.07, 6.45) is 9.60. The average Bonchev–Trinajstić information content (AvgIpc) is 2.76. The molecule has 262 valence electrons. The van der Waals surface area contributed by atoms with Crippen LogP contribution in [0.2, 0.25) is 0 Å². The fourth-order valence-corrected chi connectivity index (χ4v) is 7.47. The highest BCUT2D eigenvalue weighted by Gasteiger charge is 2.32. The fourth-order valence-electron chi connectivity index (χ4n) is 7.47. The van der Waals surface area contributed by atoms with E-state index in [9.17, 15) is 9.59 Å². The smallest absolute Gasteiger partial charge is 0.309 e. The second kappa shape index (κ2) is 18.9. The molecule has 6 unspecified atom stereocenters. The predicted molar refractivity (Wildman–Crippen MR) is 190 cm³/mol. The maximum atomic E-state index is 13.3. The van der Waals surface area contributed by atoms with Gasteiger partial charge in [-0.3, -0.25) is 9.59 Å². The number of esters is 2. The first-order chi connectivity index (χ1) is 19.8. The van der Waals surface area contributed by atoms with Gasteiger partial charge in [-0.1, -0.05) is 111 Å². The quantitative estimate of drug-likeness (QED) is 0.106. The SMILES string of the molecule is CC(CCC(C(=O)OCCCCOC(=O)C(CCC(C)CC(C)(C)C)C(C)CC(C)(C)C)C(C)CC(C)(C)C)CC(C)(C)C.